The maximum Gasteiger partial charge on any atom is 0.407 e. The zero-order chi connectivity index (χ0) is 16.4. The number of pyridine rings is 1. The minimum atomic E-state index is -3.54. The van der Waals surface area contributed by atoms with Crippen molar-refractivity contribution in [3.63, 3.8) is 0 Å². The fourth-order valence-corrected chi connectivity index (χ4v) is 3.20. The van der Waals surface area contributed by atoms with Crippen LogP contribution in [0.3, 0.4) is 0 Å². The van der Waals surface area contributed by atoms with Crippen LogP contribution in [0.5, 0.6) is 0 Å². The summed E-state index contributed by atoms with van der Waals surface area (Å²) >= 11 is 0. The zero-order valence-corrected chi connectivity index (χ0v) is 13.6. The summed E-state index contributed by atoms with van der Waals surface area (Å²) in [5.74, 6) is -0.219. The number of aromatic nitrogens is 2. The maximum absolute atomic E-state index is 12.4. The highest BCUT2D eigenvalue weighted by Gasteiger charge is 2.20. The Morgan fingerprint density at radius 2 is 2.09 bits per heavy atom. The molecular weight excluding hydrogens is 306 g/mol. The first kappa shape index (κ1) is 16.3. The Morgan fingerprint density at radius 3 is 2.77 bits per heavy atom. The van der Waals surface area contributed by atoms with Gasteiger partial charge in [0.25, 0.3) is 0 Å². The summed E-state index contributed by atoms with van der Waals surface area (Å²) in [6, 6.07) is 4.87. The molecule has 8 heteroatoms. The van der Waals surface area contributed by atoms with Gasteiger partial charge in [-0.2, -0.15) is 0 Å². The molecule has 0 aliphatic carbocycles. The molecule has 0 saturated heterocycles. The Bertz CT molecular complexity index is 775. The Balaban J connectivity index is 2.03. The molecule has 2 rings (SSSR count). The van der Waals surface area contributed by atoms with Crippen LogP contribution in [-0.2, 0) is 14.6 Å². The van der Waals surface area contributed by atoms with E-state index in [1.807, 2.05) is 0 Å². The molecule has 0 fully saturated rings. The van der Waals surface area contributed by atoms with Gasteiger partial charge in [-0.15, -0.1) is 0 Å². The van der Waals surface area contributed by atoms with Gasteiger partial charge in [0, 0.05) is 18.9 Å². The first-order chi connectivity index (χ1) is 10.2. The van der Waals surface area contributed by atoms with Crippen molar-refractivity contribution >= 4 is 21.6 Å². The number of amides is 1. The summed E-state index contributed by atoms with van der Waals surface area (Å²) in [4.78, 5) is 15.6. The summed E-state index contributed by atoms with van der Waals surface area (Å²) in [5, 5.41) is 2.59. The summed E-state index contributed by atoms with van der Waals surface area (Å²) in [7, 11) is -3.54. The van der Waals surface area contributed by atoms with Crippen LogP contribution in [0, 0.1) is 0 Å². The van der Waals surface area contributed by atoms with Crippen LogP contribution in [0.1, 0.15) is 20.8 Å². The van der Waals surface area contributed by atoms with Crippen LogP contribution in [0.15, 0.2) is 35.6 Å². The third kappa shape index (κ3) is 3.97. The molecule has 0 bridgehead atoms. The molecule has 0 radical (unpaired) electrons. The number of imidazole rings is 1. The Kier molecular flexibility index (Phi) is 4.41. The van der Waals surface area contributed by atoms with Gasteiger partial charge in [0.2, 0.25) is 0 Å². The third-order valence-corrected chi connectivity index (χ3v) is 4.46. The van der Waals surface area contributed by atoms with E-state index in [1.165, 1.54) is 16.7 Å². The van der Waals surface area contributed by atoms with E-state index in [4.69, 9.17) is 4.74 Å². The van der Waals surface area contributed by atoms with Crippen LogP contribution in [-0.4, -0.2) is 41.8 Å². The highest BCUT2D eigenvalue weighted by atomic mass is 32.2. The third-order valence-electron chi connectivity index (χ3n) is 2.75. The van der Waals surface area contributed by atoms with Crippen molar-refractivity contribution in [1.29, 1.82) is 0 Å². The van der Waals surface area contributed by atoms with Crippen LogP contribution in [0.4, 0.5) is 4.79 Å². The molecule has 0 saturated carbocycles. The lowest BCUT2D eigenvalue weighted by Gasteiger charge is -2.19. The molecule has 2 aromatic rings. The minimum Gasteiger partial charge on any atom is -0.444 e. The van der Waals surface area contributed by atoms with Crippen LogP contribution in [0.2, 0.25) is 0 Å². The number of ether oxygens (including phenoxy) is 1. The van der Waals surface area contributed by atoms with Gasteiger partial charge in [-0.3, -0.25) is 4.40 Å². The lowest BCUT2D eigenvalue weighted by Crippen LogP contribution is -2.35. The largest absolute Gasteiger partial charge is 0.444 e. The SMILES string of the molecule is CC(C)(C)OC(=O)NCCS(=O)(=O)c1cccc2nccn12. The molecule has 120 valence electrons. The van der Waals surface area contributed by atoms with Crippen molar-refractivity contribution in [3.8, 4) is 0 Å². The van der Waals surface area contributed by atoms with E-state index < -0.39 is 21.5 Å². The summed E-state index contributed by atoms with van der Waals surface area (Å²) in [5.41, 5.74) is -0.0630. The summed E-state index contributed by atoms with van der Waals surface area (Å²) in [6.45, 7) is 5.19. The number of hydrogen-bond acceptors (Lipinski definition) is 5. The molecule has 22 heavy (non-hydrogen) atoms. The van der Waals surface area contributed by atoms with Crippen molar-refractivity contribution in [2.24, 2.45) is 0 Å². The Morgan fingerprint density at radius 1 is 1.36 bits per heavy atom. The highest BCUT2D eigenvalue weighted by molar-refractivity contribution is 7.91. The van der Waals surface area contributed by atoms with E-state index in [0.717, 1.165) is 0 Å². The number of hydrogen-bond donors (Lipinski definition) is 1. The number of rotatable bonds is 4. The van der Waals surface area contributed by atoms with Crippen LogP contribution in [0.25, 0.3) is 5.65 Å². The lowest BCUT2D eigenvalue weighted by molar-refractivity contribution is 0.0531. The molecule has 0 spiro atoms. The predicted octanol–water partition coefficient (Wildman–Crippen LogP) is 1.63. The average Bonchev–Trinajstić information content (AvgIpc) is 2.83. The van der Waals surface area contributed by atoms with E-state index in [1.54, 1.807) is 39.1 Å². The second-order valence-electron chi connectivity index (χ2n) is 5.77. The van der Waals surface area contributed by atoms with E-state index >= 15 is 0 Å². The van der Waals surface area contributed by atoms with E-state index in [2.05, 4.69) is 10.3 Å². The van der Waals surface area contributed by atoms with Crippen molar-refractivity contribution in [1.82, 2.24) is 14.7 Å². The standard InChI is InChI=1S/C14H19N3O4S/c1-14(2,3)21-13(18)16-8-10-22(19,20)12-6-4-5-11-15-7-9-17(11)12/h4-7,9H,8,10H2,1-3H3,(H,16,18). The summed E-state index contributed by atoms with van der Waals surface area (Å²) < 4.78 is 31.3. The van der Waals surface area contributed by atoms with Crippen molar-refractivity contribution in [2.75, 3.05) is 12.3 Å². The number of nitrogens with zero attached hydrogens (tertiary/aromatic N) is 2. The number of carbonyl (C=O) groups is 1. The zero-order valence-electron chi connectivity index (χ0n) is 12.7. The second-order valence-corrected chi connectivity index (χ2v) is 7.82. The van der Waals surface area contributed by atoms with Gasteiger partial charge in [0.1, 0.15) is 16.3 Å². The van der Waals surface area contributed by atoms with Crippen LogP contribution >= 0.6 is 0 Å². The maximum atomic E-state index is 12.4. The normalized spacial score (nSPS) is 12.3. The fourth-order valence-electron chi connectivity index (χ4n) is 1.88. The fraction of sp³-hybridized carbons (Fsp3) is 0.429. The Hall–Kier alpha value is -2.09. The number of nitrogens with one attached hydrogen (secondary N) is 1. The number of alkyl carbamates (subject to hydrolysis) is 1. The number of sulfone groups is 1. The van der Waals surface area contributed by atoms with Gasteiger partial charge in [-0.05, 0) is 32.9 Å². The second kappa shape index (κ2) is 5.96. The van der Waals surface area contributed by atoms with E-state index in [9.17, 15) is 13.2 Å². The van der Waals surface area contributed by atoms with Gasteiger partial charge in [-0.1, -0.05) is 6.07 Å². The molecular formula is C14H19N3O4S. The topological polar surface area (TPSA) is 89.8 Å². The van der Waals surface area contributed by atoms with E-state index in [0.29, 0.717) is 5.65 Å². The molecule has 2 heterocycles. The molecule has 0 unspecified atom stereocenters. The van der Waals surface area contributed by atoms with Crippen LogP contribution < -0.4 is 5.32 Å². The van der Waals surface area contributed by atoms with Crippen molar-refractivity contribution in [2.45, 2.75) is 31.4 Å². The first-order valence-electron chi connectivity index (χ1n) is 6.81. The van der Waals surface area contributed by atoms with Gasteiger partial charge in [0.05, 0.1) is 5.75 Å². The Labute approximate surface area is 129 Å². The highest BCUT2D eigenvalue weighted by Crippen LogP contribution is 2.13. The van der Waals surface area contributed by atoms with Gasteiger partial charge < -0.3 is 10.1 Å². The molecule has 0 aliphatic heterocycles. The molecule has 7 nitrogen and oxygen atoms in total. The van der Waals surface area contributed by atoms with Crippen molar-refractivity contribution < 1.29 is 17.9 Å². The molecule has 2 aromatic heterocycles. The average molecular weight is 325 g/mol. The molecule has 1 N–H and O–H groups in total. The van der Waals surface area contributed by atoms with Gasteiger partial charge in [0.15, 0.2) is 9.84 Å². The number of carbonyl (C=O) groups excluding carboxylic acids is 1. The van der Waals surface area contributed by atoms with Crippen molar-refractivity contribution in [3.05, 3.63) is 30.6 Å². The minimum absolute atomic E-state index is 0.0255. The predicted molar refractivity (Wildman–Crippen MR) is 81.5 cm³/mol. The molecule has 1 amide bonds. The summed E-state index contributed by atoms with van der Waals surface area (Å²) in [6.07, 6.45) is 2.49. The van der Waals surface area contributed by atoms with Gasteiger partial charge >= 0.3 is 6.09 Å². The monoisotopic (exact) mass is 325 g/mol. The van der Waals surface area contributed by atoms with E-state index in [-0.39, 0.29) is 17.3 Å². The molecule has 0 aliphatic rings. The smallest absolute Gasteiger partial charge is 0.407 e. The molecule has 0 atom stereocenters. The number of fused-ring (bicyclic) bond motifs is 1. The van der Waals surface area contributed by atoms with Gasteiger partial charge in [-0.25, -0.2) is 18.2 Å². The lowest BCUT2D eigenvalue weighted by atomic mass is 10.2. The quantitative estimate of drug-likeness (QED) is 0.923. The first-order valence-corrected chi connectivity index (χ1v) is 8.46. The molecule has 0 aromatic carbocycles.